The summed E-state index contributed by atoms with van der Waals surface area (Å²) in [5.74, 6) is 3.28. The Kier molecular flexibility index (Phi) is 3.97. The van der Waals surface area contributed by atoms with Crippen molar-refractivity contribution in [3.8, 4) is 12.3 Å². The third-order valence-electron chi connectivity index (χ3n) is 3.73. The van der Waals surface area contributed by atoms with E-state index in [9.17, 15) is 0 Å². The van der Waals surface area contributed by atoms with Crippen LogP contribution in [-0.2, 0) is 0 Å². The largest absolute Gasteiger partial charge is 0.236 e. The van der Waals surface area contributed by atoms with E-state index in [4.69, 9.17) is 6.42 Å². The van der Waals surface area contributed by atoms with Crippen molar-refractivity contribution in [2.45, 2.75) is 25.2 Å². The van der Waals surface area contributed by atoms with Crippen LogP contribution in [0.1, 0.15) is 36.4 Å². The molecule has 0 radical (unpaired) electrons. The zero-order chi connectivity index (χ0) is 14.5. The van der Waals surface area contributed by atoms with E-state index in [1.807, 2.05) is 48.7 Å². The highest BCUT2D eigenvalue weighted by Gasteiger charge is 2.26. The van der Waals surface area contributed by atoms with Gasteiger partial charge in [-0.15, -0.1) is 6.42 Å². The maximum atomic E-state index is 5.53. The molecular weight excluding hydrogens is 258 g/mol. The first kappa shape index (κ1) is 13.4. The molecule has 3 aromatic rings. The molecule has 0 amide bonds. The van der Waals surface area contributed by atoms with Crippen LogP contribution in [0.2, 0.25) is 0 Å². The van der Waals surface area contributed by atoms with E-state index < -0.39 is 0 Å². The summed E-state index contributed by atoms with van der Waals surface area (Å²) in [7, 11) is 0. The van der Waals surface area contributed by atoms with E-state index in [0.717, 1.165) is 16.9 Å². The number of terminal acetylenes is 1. The lowest BCUT2D eigenvalue weighted by molar-refractivity contribution is 0.409. The summed E-state index contributed by atoms with van der Waals surface area (Å²) in [6.45, 7) is 0. The molecule has 4 rings (SSSR count). The van der Waals surface area contributed by atoms with Crippen molar-refractivity contribution in [2.75, 3.05) is 0 Å². The summed E-state index contributed by atoms with van der Waals surface area (Å²) < 4.78 is 1.78. The van der Waals surface area contributed by atoms with Crippen molar-refractivity contribution in [3.63, 3.8) is 0 Å². The summed E-state index contributed by atoms with van der Waals surface area (Å²) in [6, 6.07) is 13.9. The Morgan fingerprint density at radius 1 is 1.05 bits per heavy atom. The molecule has 1 saturated carbocycles. The topological polar surface area (TPSA) is 30.2 Å². The number of hydrogen-bond acceptors (Lipinski definition) is 2. The highest BCUT2D eigenvalue weighted by atomic mass is 15.2. The average Bonchev–Trinajstić information content (AvgIpc) is 2.86. The van der Waals surface area contributed by atoms with Crippen molar-refractivity contribution in [1.29, 1.82) is 0 Å². The summed E-state index contributed by atoms with van der Waals surface area (Å²) in [4.78, 5) is 4.27. The standard InChI is InChI=1S/C12H11N3.C6H6/c1-2-10-11(9-5-3-6-9)14-15-8-4-7-13-12(10)15;1-2-4-6-5-3-1/h1,4,7-9H,3,5-6H2;1-6H. The lowest BCUT2D eigenvalue weighted by atomic mass is 9.81. The molecule has 3 nitrogen and oxygen atoms in total. The molecule has 2 heterocycles. The summed E-state index contributed by atoms with van der Waals surface area (Å²) in [5.41, 5.74) is 2.74. The van der Waals surface area contributed by atoms with Gasteiger partial charge in [0.1, 0.15) is 0 Å². The van der Waals surface area contributed by atoms with Crippen LogP contribution in [0.15, 0.2) is 54.9 Å². The quantitative estimate of drug-likeness (QED) is 0.634. The van der Waals surface area contributed by atoms with Gasteiger partial charge in [0.25, 0.3) is 0 Å². The molecule has 0 N–H and O–H groups in total. The number of fused-ring (bicyclic) bond motifs is 1. The molecule has 1 aliphatic rings. The molecule has 3 heteroatoms. The Bertz CT molecular complexity index is 722. The molecule has 2 aromatic heterocycles. The maximum Gasteiger partial charge on any atom is 0.171 e. The van der Waals surface area contributed by atoms with E-state index in [1.54, 1.807) is 10.7 Å². The number of hydrogen-bond donors (Lipinski definition) is 0. The highest BCUT2D eigenvalue weighted by molar-refractivity contribution is 5.59. The molecule has 0 spiro atoms. The van der Waals surface area contributed by atoms with Gasteiger partial charge in [-0.1, -0.05) is 48.7 Å². The minimum atomic E-state index is 0.553. The molecule has 104 valence electrons. The average molecular weight is 275 g/mol. The first-order valence-electron chi connectivity index (χ1n) is 7.20. The minimum Gasteiger partial charge on any atom is -0.236 e. The first-order chi connectivity index (χ1) is 10.4. The zero-order valence-electron chi connectivity index (χ0n) is 11.8. The summed E-state index contributed by atoms with van der Waals surface area (Å²) >= 11 is 0. The van der Waals surface area contributed by atoms with Crippen LogP contribution >= 0.6 is 0 Å². The number of aromatic nitrogens is 3. The Morgan fingerprint density at radius 2 is 1.71 bits per heavy atom. The van der Waals surface area contributed by atoms with E-state index in [0.29, 0.717) is 5.92 Å². The van der Waals surface area contributed by atoms with Crippen LogP contribution in [0.4, 0.5) is 0 Å². The van der Waals surface area contributed by atoms with Crippen molar-refractivity contribution < 1.29 is 0 Å². The van der Waals surface area contributed by atoms with Gasteiger partial charge in [-0.3, -0.25) is 0 Å². The second-order valence-electron chi connectivity index (χ2n) is 5.07. The van der Waals surface area contributed by atoms with Crippen molar-refractivity contribution >= 4 is 5.65 Å². The van der Waals surface area contributed by atoms with Crippen LogP contribution in [-0.4, -0.2) is 14.6 Å². The Morgan fingerprint density at radius 3 is 2.24 bits per heavy atom. The van der Waals surface area contributed by atoms with E-state index in [2.05, 4.69) is 16.0 Å². The lowest BCUT2D eigenvalue weighted by Gasteiger charge is -2.23. The molecular formula is C18H17N3. The molecule has 0 unspecified atom stereocenters. The van der Waals surface area contributed by atoms with Gasteiger partial charge in [-0.2, -0.15) is 5.10 Å². The molecule has 1 aliphatic carbocycles. The molecule has 1 aromatic carbocycles. The van der Waals surface area contributed by atoms with Crippen LogP contribution in [0.25, 0.3) is 5.65 Å². The fraction of sp³-hybridized carbons (Fsp3) is 0.222. The van der Waals surface area contributed by atoms with Crippen molar-refractivity contribution in [3.05, 3.63) is 66.1 Å². The third-order valence-corrected chi connectivity index (χ3v) is 3.73. The van der Waals surface area contributed by atoms with Crippen LogP contribution in [0.5, 0.6) is 0 Å². The third kappa shape index (κ3) is 2.80. The van der Waals surface area contributed by atoms with Gasteiger partial charge in [0.05, 0.1) is 11.3 Å². The fourth-order valence-corrected chi connectivity index (χ4v) is 2.39. The monoisotopic (exact) mass is 275 g/mol. The predicted molar refractivity (Wildman–Crippen MR) is 84.0 cm³/mol. The summed E-state index contributed by atoms with van der Waals surface area (Å²) in [6.07, 6.45) is 12.9. The Balaban J connectivity index is 0.000000186. The number of nitrogens with zero attached hydrogens (tertiary/aromatic N) is 3. The molecule has 0 atom stereocenters. The van der Waals surface area contributed by atoms with Gasteiger partial charge in [-0.25, -0.2) is 9.50 Å². The molecule has 0 bridgehead atoms. The van der Waals surface area contributed by atoms with Gasteiger partial charge in [-0.05, 0) is 18.9 Å². The minimum absolute atomic E-state index is 0.553. The van der Waals surface area contributed by atoms with Gasteiger partial charge >= 0.3 is 0 Å². The van der Waals surface area contributed by atoms with Gasteiger partial charge in [0, 0.05) is 18.3 Å². The second kappa shape index (κ2) is 6.23. The maximum absolute atomic E-state index is 5.53. The highest BCUT2D eigenvalue weighted by Crippen LogP contribution is 2.37. The molecule has 1 fully saturated rings. The van der Waals surface area contributed by atoms with Crippen LogP contribution in [0.3, 0.4) is 0 Å². The molecule has 0 saturated heterocycles. The number of benzene rings is 1. The van der Waals surface area contributed by atoms with E-state index >= 15 is 0 Å². The predicted octanol–water partition coefficient (Wildman–Crippen LogP) is 3.66. The van der Waals surface area contributed by atoms with Gasteiger partial charge in [0.15, 0.2) is 5.65 Å². The Labute approximate surface area is 124 Å². The van der Waals surface area contributed by atoms with Crippen molar-refractivity contribution in [1.82, 2.24) is 14.6 Å². The normalized spacial score (nSPS) is 13.9. The molecule has 21 heavy (non-hydrogen) atoms. The zero-order valence-corrected chi connectivity index (χ0v) is 11.8. The molecule has 0 aliphatic heterocycles. The second-order valence-corrected chi connectivity index (χ2v) is 5.07. The first-order valence-corrected chi connectivity index (χ1v) is 7.20. The smallest absolute Gasteiger partial charge is 0.171 e. The van der Waals surface area contributed by atoms with E-state index in [-0.39, 0.29) is 0 Å². The van der Waals surface area contributed by atoms with E-state index in [1.165, 1.54) is 19.3 Å². The van der Waals surface area contributed by atoms with Crippen LogP contribution in [0, 0.1) is 12.3 Å². The SMILES string of the molecule is C#Cc1c(C2CCC2)nn2cccnc12.c1ccccc1. The Hall–Kier alpha value is -2.60. The van der Waals surface area contributed by atoms with Crippen LogP contribution < -0.4 is 0 Å². The lowest BCUT2D eigenvalue weighted by Crippen LogP contribution is -2.10. The fourth-order valence-electron chi connectivity index (χ4n) is 2.39. The van der Waals surface area contributed by atoms with Gasteiger partial charge < -0.3 is 0 Å². The van der Waals surface area contributed by atoms with Crippen molar-refractivity contribution in [2.24, 2.45) is 0 Å². The van der Waals surface area contributed by atoms with Gasteiger partial charge in [0.2, 0.25) is 0 Å². The summed E-state index contributed by atoms with van der Waals surface area (Å²) in [5, 5.41) is 4.52. The number of rotatable bonds is 1.